The zero-order chi connectivity index (χ0) is 50.5. The number of aromatic nitrogens is 6. The van der Waals surface area contributed by atoms with Gasteiger partial charge in [0, 0.05) is 64.6 Å². The number of aliphatic hydroxyl groups is 1. The van der Waals surface area contributed by atoms with Gasteiger partial charge >= 0.3 is 0 Å². The first-order valence-corrected chi connectivity index (χ1v) is 26.4. The molecule has 3 amide bonds. The lowest BCUT2D eigenvalue weighted by Crippen LogP contribution is -2.49. The van der Waals surface area contributed by atoms with Crippen molar-refractivity contribution in [1.82, 2.24) is 45.1 Å². The molecular formula is C54H57ClN10O5S2. The standard InChI is InChI=1S/C54H57ClN10O5S2/c1-28(2)49(53(69)63-26-41(66)22-45(63)52(68)58-30(4)34-11-13-36(14-12-34)50-31(5)56-27-71-50)64-25-38(24-57-64)37-9-8-10-42(19-37)70-43-20-40(21-43)59-46(67)23-44-51-62-61-33(7)65(51)54-47(29(3)32(6)72-54)48(60-44)35-15-17-39(55)18-16-35/h8-19,24-25,27-28,30,40-41,43-45,49,66H,20-23,26H2,1-7H3,(H,58,68)(H,59,67)/t30-,40?,41+,43?,44-,45-,49+/m0/s1. The van der Waals surface area contributed by atoms with E-state index in [0.29, 0.717) is 29.4 Å². The third kappa shape index (κ3) is 9.74. The fraction of sp³-hybridized carbons (Fsp3) is 0.370. The van der Waals surface area contributed by atoms with Gasteiger partial charge in [-0.05, 0) is 87.1 Å². The number of aryl methyl sites for hydroxylation is 3. The summed E-state index contributed by atoms with van der Waals surface area (Å²) < 4.78 is 10.1. The monoisotopic (exact) mass is 1020 g/mol. The maximum atomic E-state index is 14.4. The average Bonchev–Trinajstić information content (AvgIpc) is 4.19. The predicted octanol–water partition coefficient (Wildman–Crippen LogP) is 9.25. The third-order valence-electron chi connectivity index (χ3n) is 14.1. The molecule has 6 heterocycles. The second-order valence-corrected chi connectivity index (χ2v) is 22.0. The van der Waals surface area contributed by atoms with Crippen molar-refractivity contribution in [2.45, 2.75) is 117 Å². The summed E-state index contributed by atoms with van der Waals surface area (Å²) in [7, 11) is 0. The van der Waals surface area contributed by atoms with Crippen LogP contribution in [0.3, 0.4) is 0 Å². The van der Waals surface area contributed by atoms with Crippen LogP contribution in [0.4, 0.5) is 0 Å². The number of benzene rings is 3. The molecule has 7 aromatic rings. The van der Waals surface area contributed by atoms with Gasteiger partial charge in [0.15, 0.2) is 5.82 Å². The van der Waals surface area contributed by atoms with Crippen molar-refractivity contribution < 1.29 is 24.2 Å². The summed E-state index contributed by atoms with van der Waals surface area (Å²) in [5, 5.41) is 32.4. The van der Waals surface area contributed by atoms with Crippen LogP contribution >= 0.6 is 34.3 Å². The molecule has 3 N–H and O–H groups in total. The molecule has 1 saturated carbocycles. The second kappa shape index (κ2) is 20.2. The molecule has 0 bridgehead atoms. The van der Waals surface area contributed by atoms with Crippen LogP contribution in [0.5, 0.6) is 5.75 Å². The Kier molecular flexibility index (Phi) is 13.7. The number of β-amino-alcohol motifs (C(OH)–C–C–N with tert-alkyl or cyclic N) is 1. The molecule has 0 radical (unpaired) electrons. The van der Waals surface area contributed by atoms with Crippen LogP contribution in [0, 0.1) is 33.6 Å². The number of amides is 3. The minimum atomic E-state index is -0.834. The Morgan fingerprint density at radius 2 is 1.67 bits per heavy atom. The van der Waals surface area contributed by atoms with E-state index in [1.807, 2.05) is 124 Å². The lowest BCUT2D eigenvalue weighted by molar-refractivity contribution is -0.142. The van der Waals surface area contributed by atoms with Crippen LogP contribution in [-0.2, 0) is 14.4 Å². The van der Waals surface area contributed by atoms with E-state index in [4.69, 9.17) is 21.3 Å². The average molecular weight is 1030 g/mol. The zero-order valence-electron chi connectivity index (χ0n) is 41.2. The largest absolute Gasteiger partial charge is 0.490 e. The number of ether oxygens (including phenoxy) is 1. The number of carbonyl (C=O) groups is 3. The Morgan fingerprint density at radius 1 is 0.917 bits per heavy atom. The molecule has 1 aliphatic carbocycles. The van der Waals surface area contributed by atoms with Gasteiger partial charge in [-0.15, -0.1) is 32.9 Å². The van der Waals surface area contributed by atoms with E-state index in [9.17, 15) is 19.5 Å². The Labute approximate surface area is 431 Å². The SMILES string of the molecule is Cc1ncsc1-c1ccc([C@H](C)NC(=O)[C@@H]2C[C@@H](O)CN2C(=O)[C@@H](C(C)C)n2cc(-c3cccc(OC4CC(NC(=O)C[C@@H]5N=C(c6ccc(Cl)cc6)c6c(sc(C)c6C)-n6c(C)nnc65)C4)c3)cn2)cc1. The first-order chi connectivity index (χ1) is 34.6. The summed E-state index contributed by atoms with van der Waals surface area (Å²) in [5.74, 6) is 1.16. The fourth-order valence-electron chi connectivity index (χ4n) is 10.0. The van der Waals surface area contributed by atoms with E-state index in [0.717, 1.165) is 66.1 Å². The van der Waals surface area contributed by atoms with Crippen LogP contribution in [0.1, 0.15) is 109 Å². The van der Waals surface area contributed by atoms with Crippen molar-refractivity contribution in [3.63, 3.8) is 0 Å². The third-order valence-corrected chi connectivity index (χ3v) is 16.5. The molecule has 0 spiro atoms. The maximum absolute atomic E-state index is 14.4. The molecule has 72 heavy (non-hydrogen) atoms. The predicted molar refractivity (Wildman–Crippen MR) is 280 cm³/mol. The number of fused-ring (bicyclic) bond motifs is 3. The highest BCUT2D eigenvalue weighted by Gasteiger charge is 2.43. The number of thiophene rings is 1. The molecule has 10 rings (SSSR count). The molecule has 372 valence electrons. The van der Waals surface area contributed by atoms with Crippen LogP contribution in [-0.4, -0.2) is 93.8 Å². The molecule has 18 heteroatoms. The smallest absolute Gasteiger partial charge is 0.248 e. The quantitative estimate of drug-likeness (QED) is 0.0957. The molecule has 1 saturated heterocycles. The van der Waals surface area contributed by atoms with Crippen molar-refractivity contribution in [2.24, 2.45) is 10.9 Å². The number of carbonyl (C=O) groups excluding carboxylic acids is 3. The van der Waals surface area contributed by atoms with Gasteiger partial charge in [-0.1, -0.05) is 74.0 Å². The van der Waals surface area contributed by atoms with Crippen LogP contribution < -0.4 is 15.4 Å². The molecule has 0 unspecified atom stereocenters. The van der Waals surface area contributed by atoms with Crippen LogP contribution in [0.15, 0.2) is 95.7 Å². The number of likely N-dealkylation sites (tertiary alicyclic amines) is 1. The van der Waals surface area contributed by atoms with Gasteiger partial charge in [0.05, 0.1) is 46.6 Å². The van der Waals surface area contributed by atoms with Crippen molar-refractivity contribution in [2.75, 3.05) is 6.54 Å². The summed E-state index contributed by atoms with van der Waals surface area (Å²) >= 11 is 9.55. The minimum absolute atomic E-state index is 0.0529. The molecule has 3 aromatic carbocycles. The molecule has 5 atom stereocenters. The molecule has 2 aliphatic heterocycles. The molecule has 2 fully saturated rings. The van der Waals surface area contributed by atoms with Gasteiger partial charge < -0.3 is 25.4 Å². The molecule has 4 aromatic heterocycles. The number of nitrogens with one attached hydrogen (secondary N) is 2. The maximum Gasteiger partial charge on any atom is 0.248 e. The Hall–Kier alpha value is -6.53. The van der Waals surface area contributed by atoms with Crippen LogP contribution in [0.2, 0.25) is 5.02 Å². The number of aliphatic hydroxyl groups excluding tert-OH is 1. The van der Waals surface area contributed by atoms with Crippen molar-refractivity contribution in [1.29, 1.82) is 0 Å². The summed E-state index contributed by atoms with van der Waals surface area (Å²) in [6.07, 6.45) is 4.18. The lowest BCUT2D eigenvalue weighted by atomic mass is 9.89. The fourth-order valence-corrected chi connectivity index (χ4v) is 12.2. The molecule has 3 aliphatic rings. The van der Waals surface area contributed by atoms with E-state index in [-0.39, 0.29) is 61.2 Å². The van der Waals surface area contributed by atoms with Crippen LogP contribution in [0.25, 0.3) is 26.6 Å². The van der Waals surface area contributed by atoms with Crippen molar-refractivity contribution in [3.8, 4) is 32.3 Å². The minimum Gasteiger partial charge on any atom is -0.490 e. The summed E-state index contributed by atoms with van der Waals surface area (Å²) in [4.78, 5) is 55.4. The van der Waals surface area contributed by atoms with E-state index in [1.54, 1.807) is 33.6 Å². The van der Waals surface area contributed by atoms with E-state index in [1.165, 1.54) is 9.78 Å². The van der Waals surface area contributed by atoms with Gasteiger partial charge in [0.25, 0.3) is 0 Å². The lowest BCUT2D eigenvalue weighted by Gasteiger charge is -2.36. The highest BCUT2D eigenvalue weighted by molar-refractivity contribution is 7.15. The van der Waals surface area contributed by atoms with Crippen molar-refractivity contribution >= 4 is 57.7 Å². The van der Waals surface area contributed by atoms with Gasteiger partial charge in [0.1, 0.15) is 40.8 Å². The highest BCUT2D eigenvalue weighted by atomic mass is 35.5. The second-order valence-electron chi connectivity index (χ2n) is 19.5. The summed E-state index contributed by atoms with van der Waals surface area (Å²) in [6.45, 7) is 14.0. The number of halogens is 1. The summed E-state index contributed by atoms with van der Waals surface area (Å²) in [5.41, 5.74) is 10.3. The zero-order valence-corrected chi connectivity index (χ0v) is 43.6. The van der Waals surface area contributed by atoms with E-state index >= 15 is 0 Å². The number of hydrogen-bond acceptors (Lipinski definition) is 12. The number of hydrogen-bond donors (Lipinski definition) is 3. The summed E-state index contributed by atoms with van der Waals surface area (Å²) in [6, 6.07) is 20.9. The van der Waals surface area contributed by atoms with Gasteiger partial charge in [-0.3, -0.25) is 28.6 Å². The number of aliphatic imine (C=N–C) groups is 1. The Bertz CT molecular complexity index is 3190. The topological polar surface area (TPSA) is 182 Å². The highest BCUT2D eigenvalue weighted by Crippen LogP contribution is 2.40. The number of nitrogens with zero attached hydrogens (tertiary/aromatic N) is 8. The Morgan fingerprint density at radius 3 is 2.39 bits per heavy atom. The van der Waals surface area contributed by atoms with Gasteiger partial charge in [0.2, 0.25) is 17.7 Å². The number of rotatable bonds is 14. The molecular weight excluding hydrogens is 968 g/mol. The van der Waals surface area contributed by atoms with E-state index in [2.05, 4.69) is 44.8 Å². The first-order valence-electron chi connectivity index (χ1n) is 24.4. The van der Waals surface area contributed by atoms with Gasteiger partial charge in [-0.25, -0.2) is 4.98 Å². The molecule has 15 nitrogen and oxygen atoms in total. The van der Waals surface area contributed by atoms with E-state index < -0.39 is 24.2 Å². The normalized spacial score (nSPS) is 20.2. The Balaban J connectivity index is 0.762. The van der Waals surface area contributed by atoms with Gasteiger partial charge in [-0.2, -0.15) is 5.10 Å². The first kappa shape index (κ1) is 49.1. The number of thiazole rings is 1. The van der Waals surface area contributed by atoms with Crippen molar-refractivity contribution in [3.05, 3.63) is 140 Å².